The summed E-state index contributed by atoms with van der Waals surface area (Å²) in [5, 5.41) is 3.39. The molecule has 1 unspecified atom stereocenters. The Bertz CT molecular complexity index is 339. The summed E-state index contributed by atoms with van der Waals surface area (Å²) in [6.45, 7) is 2.35. The highest BCUT2D eigenvalue weighted by molar-refractivity contribution is 6.30. The molecule has 0 aliphatic rings. The third-order valence-electron chi connectivity index (χ3n) is 1.87. The Kier molecular flexibility index (Phi) is 4.59. The van der Waals surface area contributed by atoms with Crippen molar-refractivity contribution in [3.05, 3.63) is 34.9 Å². The standard InChI is InChI=1S/C11H15ClN2O/c1-8(13)7-14-11(15)6-9-3-2-4-10(12)5-9/h2-5,8H,6-7,13H2,1H3,(H,14,15). The van der Waals surface area contributed by atoms with Crippen LogP contribution in [0.3, 0.4) is 0 Å². The largest absolute Gasteiger partial charge is 0.354 e. The Morgan fingerprint density at radius 2 is 2.33 bits per heavy atom. The summed E-state index contributed by atoms with van der Waals surface area (Å²) in [7, 11) is 0. The maximum atomic E-state index is 11.4. The summed E-state index contributed by atoms with van der Waals surface area (Å²) in [6, 6.07) is 7.25. The van der Waals surface area contributed by atoms with Gasteiger partial charge in [0.25, 0.3) is 0 Å². The van der Waals surface area contributed by atoms with E-state index in [0.717, 1.165) is 5.56 Å². The van der Waals surface area contributed by atoms with Crippen LogP contribution in [0.1, 0.15) is 12.5 Å². The van der Waals surface area contributed by atoms with Crippen molar-refractivity contribution in [2.75, 3.05) is 6.54 Å². The molecule has 1 atom stereocenters. The number of carbonyl (C=O) groups is 1. The lowest BCUT2D eigenvalue weighted by molar-refractivity contribution is -0.120. The van der Waals surface area contributed by atoms with Crippen LogP contribution in [0.2, 0.25) is 5.02 Å². The van der Waals surface area contributed by atoms with E-state index in [-0.39, 0.29) is 11.9 Å². The van der Waals surface area contributed by atoms with Crippen molar-refractivity contribution in [3.8, 4) is 0 Å². The Labute approximate surface area is 94.6 Å². The van der Waals surface area contributed by atoms with Crippen LogP contribution < -0.4 is 11.1 Å². The van der Waals surface area contributed by atoms with E-state index < -0.39 is 0 Å². The smallest absolute Gasteiger partial charge is 0.224 e. The van der Waals surface area contributed by atoms with E-state index in [4.69, 9.17) is 17.3 Å². The van der Waals surface area contributed by atoms with E-state index in [0.29, 0.717) is 18.0 Å². The van der Waals surface area contributed by atoms with Gasteiger partial charge in [-0.3, -0.25) is 4.79 Å². The van der Waals surface area contributed by atoms with Gasteiger partial charge in [-0.2, -0.15) is 0 Å². The third kappa shape index (κ3) is 4.81. The van der Waals surface area contributed by atoms with Crippen LogP contribution in [0.25, 0.3) is 0 Å². The SMILES string of the molecule is CC(N)CNC(=O)Cc1cccc(Cl)c1. The van der Waals surface area contributed by atoms with E-state index in [1.54, 1.807) is 12.1 Å². The number of benzene rings is 1. The van der Waals surface area contributed by atoms with Gasteiger partial charge < -0.3 is 11.1 Å². The van der Waals surface area contributed by atoms with Gasteiger partial charge in [-0.25, -0.2) is 0 Å². The predicted molar refractivity (Wildman–Crippen MR) is 61.8 cm³/mol. The second-order valence-corrected chi connectivity index (χ2v) is 4.02. The van der Waals surface area contributed by atoms with E-state index in [2.05, 4.69) is 5.32 Å². The summed E-state index contributed by atoms with van der Waals surface area (Å²) in [6.07, 6.45) is 0.341. The molecule has 0 bridgehead atoms. The minimum Gasteiger partial charge on any atom is -0.354 e. The average Bonchev–Trinajstić information content (AvgIpc) is 2.15. The van der Waals surface area contributed by atoms with Crippen LogP contribution in [-0.4, -0.2) is 18.5 Å². The number of rotatable bonds is 4. The Balaban J connectivity index is 2.44. The van der Waals surface area contributed by atoms with Crippen molar-refractivity contribution in [1.29, 1.82) is 0 Å². The summed E-state index contributed by atoms with van der Waals surface area (Å²) in [5.41, 5.74) is 6.43. The van der Waals surface area contributed by atoms with E-state index in [1.807, 2.05) is 19.1 Å². The molecule has 15 heavy (non-hydrogen) atoms. The number of halogens is 1. The second kappa shape index (κ2) is 5.73. The van der Waals surface area contributed by atoms with Gasteiger partial charge in [0.05, 0.1) is 6.42 Å². The fourth-order valence-electron chi connectivity index (χ4n) is 1.17. The van der Waals surface area contributed by atoms with Crippen LogP contribution in [-0.2, 0) is 11.2 Å². The van der Waals surface area contributed by atoms with Crippen LogP contribution in [0.15, 0.2) is 24.3 Å². The third-order valence-corrected chi connectivity index (χ3v) is 2.11. The topological polar surface area (TPSA) is 55.1 Å². The molecule has 0 radical (unpaired) electrons. The summed E-state index contributed by atoms with van der Waals surface area (Å²) < 4.78 is 0. The van der Waals surface area contributed by atoms with Crippen LogP contribution in [0, 0.1) is 0 Å². The zero-order valence-corrected chi connectivity index (χ0v) is 9.42. The van der Waals surface area contributed by atoms with Gasteiger partial charge in [0.15, 0.2) is 0 Å². The molecule has 3 nitrogen and oxygen atoms in total. The molecule has 0 saturated carbocycles. The van der Waals surface area contributed by atoms with Crippen molar-refractivity contribution in [3.63, 3.8) is 0 Å². The van der Waals surface area contributed by atoms with Crippen molar-refractivity contribution < 1.29 is 4.79 Å². The lowest BCUT2D eigenvalue weighted by Gasteiger charge is -2.07. The van der Waals surface area contributed by atoms with Crippen molar-refractivity contribution in [2.45, 2.75) is 19.4 Å². The molecule has 4 heteroatoms. The van der Waals surface area contributed by atoms with Crippen LogP contribution >= 0.6 is 11.6 Å². The molecule has 0 saturated heterocycles. The fraction of sp³-hybridized carbons (Fsp3) is 0.364. The number of hydrogen-bond acceptors (Lipinski definition) is 2. The van der Waals surface area contributed by atoms with E-state index >= 15 is 0 Å². The number of nitrogens with two attached hydrogens (primary N) is 1. The van der Waals surface area contributed by atoms with Crippen molar-refractivity contribution in [1.82, 2.24) is 5.32 Å². The first-order chi connectivity index (χ1) is 7.08. The first kappa shape index (κ1) is 12.0. The maximum absolute atomic E-state index is 11.4. The molecule has 1 rings (SSSR count). The molecule has 0 heterocycles. The van der Waals surface area contributed by atoms with Gasteiger partial charge in [-0.05, 0) is 24.6 Å². The molecule has 0 fully saturated rings. The van der Waals surface area contributed by atoms with Crippen molar-refractivity contribution >= 4 is 17.5 Å². The normalized spacial score (nSPS) is 12.2. The second-order valence-electron chi connectivity index (χ2n) is 3.59. The summed E-state index contributed by atoms with van der Waals surface area (Å²) >= 11 is 5.80. The highest BCUT2D eigenvalue weighted by atomic mass is 35.5. The van der Waals surface area contributed by atoms with Gasteiger partial charge in [0.2, 0.25) is 5.91 Å². The average molecular weight is 227 g/mol. The quantitative estimate of drug-likeness (QED) is 0.814. The molecule has 0 spiro atoms. The van der Waals surface area contributed by atoms with Gasteiger partial charge >= 0.3 is 0 Å². The lowest BCUT2D eigenvalue weighted by atomic mass is 10.1. The zero-order chi connectivity index (χ0) is 11.3. The first-order valence-corrected chi connectivity index (χ1v) is 5.22. The van der Waals surface area contributed by atoms with Crippen molar-refractivity contribution in [2.24, 2.45) is 5.73 Å². The van der Waals surface area contributed by atoms with Crippen LogP contribution in [0.5, 0.6) is 0 Å². The summed E-state index contributed by atoms with van der Waals surface area (Å²) in [4.78, 5) is 11.4. The van der Waals surface area contributed by atoms with Gasteiger partial charge in [0, 0.05) is 17.6 Å². The van der Waals surface area contributed by atoms with Crippen LogP contribution in [0.4, 0.5) is 0 Å². The van der Waals surface area contributed by atoms with E-state index in [9.17, 15) is 4.79 Å². The molecule has 1 aromatic rings. The molecule has 3 N–H and O–H groups in total. The van der Waals surface area contributed by atoms with E-state index in [1.165, 1.54) is 0 Å². The van der Waals surface area contributed by atoms with Gasteiger partial charge in [-0.1, -0.05) is 23.7 Å². The molecule has 82 valence electrons. The summed E-state index contributed by atoms with van der Waals surface area (Å²) in [5.74, 6) is -0.0328. The minimum absolute atomic E-state index is 0.0201. The molecular formula is C11H15ClN2O. The first-order valence-electron chi connectivity index (χ1n) is 4.84. The maximum Gasteiger partial charge on any atom is 0.224 e. The minimum atomic E-state index is -0.0328. The zero-order valence-electron chi connectivity index (χ0n) is 8.66. The molecule has 0 aliphatic carbocycles. The Morgan fingerprint density at radius 3 is 2.93 bits per heavy atom. The Morgan fingerprint density at radius 1 is 1.60 bits per heavy atom. The van der Waals surface area contributed by atoms with Gasteiger partial charge in [0.1, 0.15) is 0 Å². The lowest BCUT2D eigenvalue weighted by Crippen LogP contribution is -2.35. The highest BCUT2D eigenvalue weighted by Gasteiger charge is 2.04. The number of amides is 1. The monoisotopic (exact) mass is 226 g/mol. The highest BCUT2D eigenvalue weighted by Crippen LogP contribution is 2.10. The molecule has 0 aliphatic heterocycles. The predicted octanol–water partition coefficient (Wildman–Crippen LogP) is 1.35. The van der Waals surface area contributed by atoms with Gasteiger partial charge in [-0.15, -0.1) is 0 Å². The fourth-order valence-corrected chi connectivity index (χ4v) is 1.38. The number of nitrogens with one attached hydrogen (secondary N) is 1. The molecular weight excluding hydrogens is 212 g/mol. The number of hydrogen-bond donors (Lipinski definition) is 2. The Hall–Kier alpha value is -1.06. The molecule has 1 amide bonds. The number of carbonyl (C=O) groups excluding carboxylic acids is 1. The molecule has 1 aromatic carbocycles. The molecule has 0 aromatic heterocycles.